The number of nitrogens with one attached hydrogen (secondary N) is 3. The van der Waals surface area contributed by atoms with Crippen LogP contribution in [0.4, 0.5) is 17.5 Å². The van der Waals surface area contributed by atoms with Gasteiger partial charge in [0.05, 0.1) is 9.92 Å². The van der Waals surface area contributed by atoms with Crippen molar-refractivity contribution in [1.29, 1.82) is 0 Å². The summed E-state index contributed by atoms with van der Waals surface area (Å²) in [5, 5.41) is 5.84. The summed E-state index contributed by atoms with van der Waals surface area (Å²) in [5.74, 6) is -0.924. The Bertz CT molecular complexity index is 1160. The maximum Gasteiger partial charge on any atom is 0.267 e. The van der Waals surface area contributed by atoms with Crippen molar-refractivity contribution in [3.05, 3.63) is 39.1 Å². The van der Waals surface area contributed by atoms with Gasteiger partial charge in [0.25, 0.3) is 11.5 Å². The molecule has 7 N–H and O–H groups in total. The van der Waals surface area contributed by atoms with Gasteiger partial charge in [0.15, 0.2) is 15.7 Å². The molecule has 0 aliphatic heterocycles. The zero-order chi connectivity index (χ0) is 22.8. The van der Waals surface area contributed by atoms with E-state index in [1.54, 1.807) is 0 Å². The van der Waals surface area contributed by atoms with Gasteiger partial charge >= 0.3 is 0 Å². The lowest BCUT2D eigenvalue weighted by atomic mass is 9.82. The summed E-state index contributed by atoms with van der Waals surface area (Å²) in [7, 11) is -3.51. The lowest BCUT2D eigenvalue weighted by Crippen LogP contribution is -2.48. The number of nitrogens with zero attached hydrogens (tertiary/aromatic N) is 1. The number of hydrogen-bond acceptors (Lipinski definition) is 8. The number of benzene rings is 1. The van der Waals surface area contributed by atoms with E-state index in [0.29, 0.717) is 12.2 Å². The minimum atomic E-state index is -3.51. The number of nitrogens with two attached hydrogens (primary N) is 2. The summed E-state index contributed by atoms with van der Waals surface area (Å²) in [4.78, 5) is 31.0. The average Bonchev–Trinajstić information content (AvgIpc) is 2.65. The third-order valence-corrected chi connectivity index (χ3v) is 6.80. The molecular formula is C19H25ClN6O4S. The van der Waals surface area contributed by atoms with Crippen LogP contribution in [0, 0.1) is 0 Å². The molecule has 1 aromatic heterocycles. The molecule has 2 aromatic rings. The Balaban J connectivity index is 1.90. The molecule has 1 aromatic carbocycles. The third kappa shape index (κ3) is 5.54. The van der Waals surface area contributed by atoms with Crippen molar-refractivity contribution in [3.8, 4) is 0 Å². The number of carbonyl (C=O) groups excluding carboxylic acids is 1. The number of carbonyl (C=O) groups is 1. The van der Waals surface area contributed by atoms with Gasteiger partial charge in [-0.2, -0.15) is 4.98 Å². The van der Waals surface area contributed by atoms with Crippen LogP contribution in [-0.2, 0) is 9.84 Å². The summed E-state index contributed by atoms with van der Waals surface area (Å²) in [5.41, 5.74) is 10.6. The first-order valence-corrected chi connectivity index (χ1v) is 12.0. The predicted octanol–water partition coefficient (Wildman–Crippen LogP) is 1.74. The fourth-order valence-corrected chi connectivity index (χ4v) is 4.91. The van der Waals surface area contributed by atoms with Crippen molar-refractivity contribution >= 4 is 44.8 Å². The van der Waals surface area contributed by atoms with Gasteiger partial charge in [0, 0.05) is 24.0 Å². The van der Waals surface area contributed by atoms with Gasteiger partial charge in [-0.1, -0.05) is 30.9 Å². The van der Waals surface area contributed by atoms with Crippen LogP contribution in [0.25, 0.3) is 0 Å². The second kappa shape index (κ2) is 8.85. The van der Waals surface area contributed by atoms with Gasteiger partial charge in [0.2, 0.25) is 5.95 Å². The number of aromatic nitrogens is 2. The van der Waals surface area contributed by atoms with Crippen molar-refractivity contribution in [3.63, 3.8) is 0 Å². The molecular weight excluding hydrogens is 444 g/mol. The summed E-state index contributed by atoms with van der Waals surface area (Å²) in [6.45, 7) is 0.403. The molecule has 0 unspecified atom stereocenters. The van der Waals surface area contributed by atoms with Gasteiger partial charge in [-0.05, 0) is 31.0 Å². The highest BCUT2D eigenvalue weighted by atomic mass is 35.5. The normalized spacial score (nSPS) is 16.0. The van der Waals surface area contributed by atoms with Crippen molar-refractivity contribution in [2.75, 3.05) is 23.4 Å². The number of sulfone groups is 1. The molecule has 0 bridgehead atoms. The summed E-state index contributed by atoms with van der Waals surface area (Å²) >= 11 is 6.07. The van der Waals surface area contributed by atoms with Gasteiger partial charge in [-0.15, -0.1) is 0 Å². The SMILES string of the molecule is CS(=O)(=O)c1ccc(Nc2nc(NCC3(N)CCCCC3)[nH]c(=O)c2C(N)=O)cc1Cl. The molecule has 12 heteroatoms. The smallest absolute Gasteiger partial charge is 0.267 e. The van der Waals surface area contributed by atoms with Crippen LogP contribution in [-0.4, -0.2) is 42.6 Å². The van der Waals surface area contributed by atoms with Crippen LogP contribution in [0.15, 0.2) is 27.9 Å². The molecule has 168 valence electrons. The van der Waals surface area contributed by atoms with E-state index in [0.717, 1.165) is 38.4 Å². The van der Waals surface area contributed by atoms with E-state index in [2.05, 4.69) is 20.6 Å². The molecule has 31 heavy (non-hydrogen) atoms. The van der Waals surface area contributed by atoms with Crippen molar-refractivity contribution in [1.82, 2.24) is 9.97 Å². The molecule has 10 nitrogen and oxygen atoms in total. The monoisotopic (exact) mass is 468 g/mol. The number of H-pyrrole nitrogens is 1. The molecule has 0 atom stereocenters. The van der Waals surface area contributed by atoms with E-state index in [1.165, 1.54) is 18.2 Å². The van der Waals surface area contributed by atoms with Gasteiger partial charge < -0.3 is 22.1 Å². The van der Waals surface area contributed by atoms with E-state index >= 15 is 0 Å². The van der Waals surface area contributed by atoms with Crippen LogP contribution in [0.1, 0.15) is 42.5 Å². The van der Waals surface area contributed by atoms with Gasteiger partial charge in [-0.3, -0.25) is 14.6 Å². The largest absolute Gasteiger partial charge is 0.365 e. The molecule has 1 fully saturated rings. The van der Waals surface area contributed by atoms with E-state index in [1.807, 2.05) is 0 Å². The highest BCUT2D eigenvalue weighted by Gasteiger charge is 2.27. The molecule has 1 heterocycles. The summed E-state index contributed by atoms with van der Waals surface area (Å²) < 4.78 is 23.5. The van der Waals surface area contributed by atoms with E-state index in [4.69, 9.17) is 23.1 Å². The second-order valence-corrected chi connectivity index (χ2v) is 10.2. The minimum absolute atomic E-state index is 0.0151. The van der Waals surface area contributed by atoms with Crippen molar-refractivity contribution < 1.29 is 13.2 Å². The topological polar surface area (TPSA) is 173 Å². The Hall–Kier alpha value is -2.63. The number of primary amides is 1. The first-order chi connectivity index (χ1) is 14.5. The molecule has 0 saturated heterocycles. The van der Waals surface area contributed by atoms with Crippen LogP contribution in [0.3, 0.4) is 0 Å². The average molecular weight is 469 g/mol. The first-order valence-electron chi connectivity index (χ1n) is 9.72. The number of halogens is 1. The lowest BCUT2D eigenvalue weighted by molar-refractivity contribution is 0.0999. The van der Waals surface area contributed by atoms with E-state index in [9.17, 15) is 18.0 Å². The summed E-state index contributed by atoms with van der Waals surface area (Å²) in [6, 6.07) is 4.12. The Morgan fingerprint density at radius 3 is 2.55 bits per heavy atom. The fraction of sp³-hybridized carbons (Fsp3) is 0.421. The number of hydrogen-bond donors (Lipinski definition) is 5. The Labute approximate surface area is 184 Å². The number of anilines is 3. The van der Waals surface area contributed by atoms with Crippen LogP contribution in [0.2, 0.25) is 5.02 Å². The standard InChI is InChI=1S/C19H25ClN6O4S/c1-31(29,30)13-6-5-11(9-12(13)20)24-16-14(15(21)27)17(28)26-18(25-16)23-10-19(22)7-3-2-4-8-19/h5-6,9H,2-4,7-8,10,22H2,1H3,(H2,21,27)(H3,23,24,25,26,28). The quantitative estimate of drug-likeness (QED) is 0.408. The molecule has 1 saturated carbocycles. The van der Waals surface area contributed by atoms with Gasteiger partial charge in [0.1, 0.15) is 5.56 Å². The maximum absolute atomic E-state index is 12.5. The Kier molecular flexibility index (Phi) is 6.58. The molecule has 0 spiro atoms. The van der Waals surface area contributed by atoms with Crippen LogP contribution >= 0.6 is 11.6 Å². The molecule has 1 amide bonds. The minimum Gasteiger partial charge on any atom is -0.365 e. The number of amides is 1. The molecule has 1 aliphatic carbocycles. The van der Waals surface area contributed by atoms with Gasteiger partial charge in [-0.25, -0.2) is 8.42 Å². The Morgan fingerprint density at radius 2 is 1.97 bits per heavy atom. The number of aromatic amines is 1. The van der Waals surface area contributed by atoms with Crippen molar-refractivity contribution in [2.24, 2.45) is 11.5 Å². The summed E-state index contributed by atoms with van der Waals surface area (Å²) in [6.07, 6.45) is 5.99. The zero-order valence-corrected chi connectivity index (χ0v) is 18.6. The first kappa shape index (κ1) is 23.0. The van der Waals surface area contributed by atoms with Crippen LogP contribution < -0.4 is 27.7 Å². The third-order valence-electron chi connectivity index (χ3n) is 5.22. The fourth-order valence-electron chi connectivity index (χ4n) is 3.58. The molecule has 1 aliphatic rings. The van der Waals surface area contributed by atoms with E-state index < -0.39 is 26.8 Å². The highest BCUT2D eigenvalue weighted by Crippen LogP contribution is 2.28. The van der Waals surface area contributed by atoms with Crippen LogP contribution in [0.5, 0.6) is 0 Å². The maximum atomic E-state index is 12.5. The second-order valence-electron chi connectivity index (χ2n) is 7.82. The molecule has 0 radical (unpaired) electrons. The molecule has 3 rings (SSSR count). The highest BCUT2D eigenvalue weighted by molar-refractivity contribution is 7.90. The lowest BCUT2D eigenvalue weighted by Gasteiger charge is -2.33. The number of rotatable bonds is 7. The zero-order valence-electron chi connectivity index (χ0n) is 17.0. The van der Waals surface area contributed by atoms with E-state index in [-0.39, 0.29) is 27.2 Å². The predicted molar refractivity (Wildman–Crippen MR) is 120 cm³/mol. The Morgan fingerprint density at radius 1 is 1.29 bits per heavy atom. The van der Waals surface area contributed by atoms with Crippen molar-refractivity contribution in [2.45, 2.75) is 42.5 Å².